The Morgan fingerprint density at radius 3 is 2.32 bits per heavy atom. The molecule has 0 N–H and O–H groups in total. The summed E-state index contributed by atoms with van der Waals surface area (Å²) in [6, 6.07) is 4.77. The number of imide groups is 1. The summed E-state index contributed by atoms with van der Waals surface area (Å²) in [7, 11) is 0. The first kappa shape index (κ1) is 21.0. The summed E-state index contributed by atoms with van der Waals surface area (Å²) in [6.45, 7) is 17.2. The number of amides is 2. The van der Waals surface area contributed by atoms with Crippen molar-refractivity contribution in [3.8, 4) is 0 Å². The number of carbonyl (C=O) groups is 2. The molecular weight excluding hydrogens is 368 g/mol. The van der Waals surface area contributed by atoms with Crippen LogP contribution in [0, 0.1) is 6.92 Å². The lowest BCUT2D eigenvalue weighted by Crippen LogP contribution is -2.51. The molecule has 1 fully saturated rings. The van der Waals surface area contributed by atoms with E-state index in [1.165, 1.54) is 16.2 Å². The van der Waals surface area contributed by atoms with Gasteiger partial charge in [0.05, 0.1) is 4.91 Å². The quantitative estimate of drug-likeness (QED) is 0.589. The largest absolute Gasteiger partial charge is 0.364 e. The normalized spacial score (nSPS) is 23.4. The van der Waals surface area contributed by atoms with E-state index in [0.717, 1.165) is 29.3 Å². The molecule has 1 atom stereocenters. The molecule has 1 aromatic rings. The minimum Gasteiger partial charge on any atom is -0.364 e. The number of hydrogen-bond acceptors (Lipinski definition) is 4. The van der Waals surface area contributed by atoms with Crippen LogP contribution in [0.4, 0.5) is 10.5 Å². The SMILES string of the molecule is Cc1cc2c(cc1/C=C1\SC(=O)N(C(C)C)C1=O)C(C)CC(C)(C)N2C(C)C. The van der Waals surface area contributed by atoms with Gasteiger partial charge in [-0.1, -0.05) is 6.92 Å². The molecular formula is C23H32N2O2S. The van der Waals surface area contributed by atoms with Crippen molar-refractivity contribution >= 4 is 34.7 Å². The average Bonchev–Trinajstić information content (AvgIpc) is 2.81. The summed E-state index contributed by atoms with van der Waals surface area (Å²) in [5.74, 6) is 0.263. The van der Waals surface area contributed by atoms with Crippen LogP contribution >= 0.6 is 11.8 Å². The number of carbonyl (C=O) groups excluding carboxylic acids is 2. The molecule has 0 aromatic heterocycles. The van der Waals surface area contributed by atoms with Gasteiger partial charge in [-0.05, 0) is 107 Å². The van der Waals surface area contributed by atoms with Crippen molar-refractivity contribution in [3.05, 3.63) is 33.7 Å². The first-order chi connectivity index (χ1) is 12.9. The topological polar surface area (TPSA) is 40.6 Å². The Balaban J connectivity index is 2.06. The van der Waals surface area contributed by atoms with E-state index in [4.69, 9.17) is 0 Å². The summed E-state index contributed by atoms with van der Waals surface area (Å²) in [4.78, 5) is 29.2. The highest BCUT2D eigenvalue weighted by molar-refractivity contribution is 8.18. The van der Waals surface area contributed by atoms with E-state index in [2.05, 4.69) is 58.6 Å². The number of benzene rings is 1. The summed E-state index contributed by atoms with van der Waals surface area (Å²) in [5.41, 5.74) is 4.89. The first-order valence-electron chi connectivity index (χ1n) is 10.1. The van der Waals surface area contributed by atoms with Gasteiger partial charge in [0.1, 0.15) is 0 Å². The molecule has 1 saturated heterocycles. The third-order valence-corrected chi connectivity index (χ3v) is 6.69. The second-order valence-electron chi connectivity index (χ2n) is 9.29. The number of hydrogen-bond donors (Lipinski definition) is 0. The molecule has 0 bridgehead atoms. The van der Waals surface area contributed by atoms with E-state index in [1.807, 2.05) is 19.9 Å². The van der Waals surface area contributed by atoms with E-state index < -0.39 is 0 Å². The van der Waals surface area contributed by atoms with Crippen LogP contribution in [0.25, 0.3) is 6.08 Å². The van der Waals surface area contributed by atoms with Crippen molar-refractivity contribution in [2.45, 2.75) is 85.4 Å². The van der Waals surface area contributed by atoms with Gasteiger partial charge in [-0.2, -0.15) is 0 Å². The number of nitrogens with zero attached hydrogens (tertiary/aromatic N) is 2. The second kappa shape index (κ2) is 7.25. The fourth-order valence-electron chi connectivity index (χ4n) is 4.81. The van der Waals surface area contributed by atoms with Gasteiger partial charge in [-0.3, -0.25) is 14.5 Å². The fraction of sp³-hybridized carbons (Fsp3) is 0.565. The molecule has 3 rings (SSSR count). The van der Waals surface area contributed by atoms with Gasteiger partial charge in [-0.15, -0.1) is 0 Å². The summed E-state index contributed by atoms with van der Waals surface area (Å²) >= 11 is 1.05. The van der Waals surface area contributed by atoms with E-state index in [0.29, 0.717) is 16.9 Å². The molecule has 0 saturated carbocycles. The van der Waals surface area contributed by atoms with Gasteiger partial charge in [0.2, 0.25) is 0 Å². The van der Waals surface area contributed by atoms with Crippen LogP contribution in [0.2, 0.25) is 0 Å². The monoisotopic (exact) mass is 400 g/mol. The van der Waals surface area contributed by atoms with E-state index in [-0.39, 0.29) is 22.7 Å². The molecule has 152 valence electrons. The van der Waals surface area contributed by atoms with Crippen LogP contribution < -0.4 is 4.90 Å². The maximum Gasteiger partial charge on any atom is 0.293 e. The zero-order chi connectivity index (χ0) is 21.0. The van der Waals surface area contributed by atoms with Crippen molar-refractivity contribution in [2.24, 2.45) is 0 Å². The van der Waals surface area contributed by atoms with Crippen LogP contribution in [-0.4, -0.2) is 33.7 Å². The van der Waals surface area contributed by atoms with Crippen molar-refractivity contribution < 1.29 is 9.59 Å². The zero-order valence-electron chi connectivity index (χ0n) is 18.3. The lowest BCUT2D eigenvalue weighted by atomic mass is 9.78. The summed E-state index contributed by atoms with van der Waals surface area (Å²) in [5, 5.41) is -0.178. The van der Waals surface area contributed by atoms with Gasteiger partial charge >= 0.3 is 0 Å². The van der Waals surface area contributed by atoms with Crippen molar-refractivity contribution in [1.29, 1.82) is 0 Å². The summed E-state index contributed by atoms with van der Waals surface area (Å²) in [6.07, 6.45) is 2.99. The standard InChI is InChI=1S/C23H32N2O2S/c1-13(2)24-21(26)20(28-22(24)27)11-17-10-18-16(6)12-23(7,8)25(14(3)4)19(18)9-15(17)5/h9-11,13-14,16H,12H2,1-8H3/b20-11-. The minimum absolute atomic E-state index is 0.106. The smallest absolute Gasteiger partial charge is 0.293 e. The van der Waals surface area contributed by atoms with Gasteiger partial charge in [0.25, 0.3) is 11.1 Å². The highest BCUT2D eigenvalue weighted by Crippen LogP contribution is 2.46. The third kappa shape index (κ3) is 3.49. The Hall–Kier alpha value is -1.75. The highest BCUT2D eigenvalue weighted by atomic mass is 32.2. The molecule has 1 aromatic carbocycles. The average molecular weight is 401 g/mol. The molecule has 4 nitrogen and oxygen atoms in total. The molecule has 2 aliphatic heterocycles. The van der Waals surface area contributed by atoms with Crippen LogP contribution in [0.5, 0.6) is 0 Å². The first-order valence-corrected chi connectivity index (χ1v) is 11.0. The lowest BCUT2D eigenvalue weighted by molar-refractivity contribution is -0.123. The molecule has 0 radical (unpaired) electrons. The van der Waals surface area contributed by atoms with E-state index >= 15 is 0 Å². The van der Waals surface area contributed by atoms with E-state index in [9.17, 15) is 9.59 Å². The van der Waals surface area contributed by atoms with E-state index in [1.54, 1.807) is 0 Å². The fourth-order valence-corrected chi connectivity index (χ4v) is 5.76. The van der Waals surface area contributed by atoms with Crippen LogP contribution in [0.15, 0.2) is 17.0 Å². The van der Waals surface area contributed by atoms with Crippen LogP contribution in [-0.2, 0) is 4.79 Å². The second-order valence-corrected chi connectivity index (χ2v) is 10.3. The van der Waals surface area contributed by atoms with Gasteiger partial charge in [0, 0.05) is 23.3 Å². The van der Waals surface area contributed by atoms with Crippen molar-refractivity contribution in [1.82, 2.24) is 4.90 Å². The predicted octanol–water partition coefficient (Wildman–Crippen LogP) is 5.94. The number of anilines is 1. The Morgan fingerprint density at radius 2 is 1.79 bits per heavy atom. The predicted molar refractivity (Wildman–Crippen MR) is 119 cm³/mol. The lowest BCUT2D eigenvalue weighted by Gasteiger charge is -2.50. The van der Waals surface area contributed by atoms with Gasteiger partial charge in [-0.25, -0.2) is 0 Å². The van der Waals surface area contributed by atoms with Gasteiger partial charge < -0.3 is 4.90 Å². The Morgan fingerprint density at radius 1 is 1.14 bits per heavy atom. The zero-order valence-corrected chi connectivity index (χ0v) is 19.1. The minimum atomic E-state index is -0.180. The van der Waals surface area contributed by atoms with Crippen LogP contribution in [0.3, 0.4) is 0 Å². The molecule has 28 heavy (non-hydrogen) atoms. The Labute approximate surface area is 173 Å². The van der Waals surface area contributed by atoms with Crippen molar-refractivity contribution in [3.63, 3.8) is 0 Å². The Kier molecular flexibility index (Phi) is 5.43. The number of rotatable bonds is 3. The Bertz CT molecular complexity index is 854. The van der Waals surface area contributed by atoms with Crippen LogP contribution in [0.1, 0.15) is 77.5 Å². The molecule has 2 amide bonds. The third-order valence-electron chi connectivity index (χ3n) is 5.81. The molecule has 0 spiro atoms. The van der Waals surface area contributed by atoms with Crippen molar-refractivity contribution in [2.75, 3.05) is 4.90 Å². The molecule has 5 heteroatoms. The molecule has 2 heterocycles. The number of fused-ring (bicyclic) bond motifs is 1. The molecule has 1 unspecified atom stereocenters. The molecule has 0 aliphatic carbocycles. The number of aryl methyl sites for hydroxylation is 1. The molecule has 2 aliphatic rings. The maximum absolute atomic E-state index is 12.7. The maximum atomic E-state index is 12.7. The number of thioether (sulfide) groups is 1. The highest BCUT2D eigenvalue weighted by Gasteiger charge is 2.39. The van der Waals surface area contributed by atoms with Gasteiger partial charge in [0.15, 0.2) is 0 Å². The summed E-state index contributed by atoms with van der Waals surface area (Å²) < 4.78 is 0.